The molecule has 0 spiro atoms. The summed E-state index contributed by atoms with van der Waals surface area (Å²) in [6, 6.07) is 13.9. The third kappa shape index (κ3) is 5.78. The monoisotopic (exact) mass is 517 g/mol. The van der Waals surface area contributed by atoms with Crippen LogP contribution in [0.4, 0.5) is 18.9 Å². The summed E-state index contributed by atoms with van der Waals surface area (Å²) in [4.78, 5) is 14.5. The lowest BCUT2D eigenvalue weighted by molar-refractivity contribution is -0.138. The van der Waals surface area contributed by atoms with Crippen molar-refractivity contribution in [2.45, 2.75) is 50.1 Å². The van der Waals surface area contributed by atoms with Crippen LogP contribution in [0.15, 0.2) is 48.5 Å². The molecule has 0 aromatic heterocycles. The zero-order valence-electron chi connectivity index (χ0n) is 20.7. The predicted octanol–water partition coefficient (Wildman–Crippen LogP) is 4.53. The zero-order chi connectivity index (χ0) is 26.0. The van der Waals surface area contributed by atoms with Crippen molar-refractivity contribution >= 4 is 11.6 Å². The first-order valence-corrected chi connectivity index (χ1v) is 13.1. The molecule has 2 fully saturated rings. The summed E-state index contributed by atoms with van der Waals surface area (Å²) in [6.45, 7) is 2.45. The molecule has 1 amide bonds. The van der Waals surface area contributed by atoms with Crippen LogP contribution in [0.25, 0.3) is 0 Å². The normalized spacial score (nSPS) is 26.6. The summed E-state index contributed by atoms with van der Waals surface area (Å²) in [5.74, 6) is -0.0389. The number of nitrogens with one attached hydrogen (secondary N) is 2. The van der Waals surface area contributed by atoms with E-state index < -0.39 is 17.8 Å². The van der Waals surface area contributed by atoms with Crippen LogP contribution in [0.3, 0.4) is 0 Å². The number of aliphatic hydroxyl groups is 1. The number of alkyl halides is 3. The molecule has 2 aromatic rings. The van der Waals surface area contributed by atoms with Crippen molar-refractivity contribution in [3.8, 4) is 0 Å². The summed E-state index contributed by atoms with van der Waals surface area (Å²) >= 11 is 0. The Balaban J connectivity index is 1.31. The van der Waals surface area contributed by atoms with Gasteiger partial charge in [0.15, 0.2) is 0 Å². The number of aliphatic hydroxyl groups excluding tert-OH is 1. The number of piperidine rings is 1. The molecule has 200 valence electrons. The minimum Gasteiger partial charge on any atom is -0.395 e. The van der Waals surface area contributed by atoms with E-state index in [-0.39, 0.29) is 43.0 Å². The van der Waals surface area contributed by atoms with Crippen LogP contribution in [0.2, 0.25) is 0 Å². The average molecular weight is 518 g/mol. The number of anilines is 1. The molecule has 0 radical (unpaired) electrons. The second kappa shape index (κ2) is 11.0. The Morgan fingerprint density at radius 2 is 1.84 bits per heavy atom. The largest absolute Gasteiger partial charge is 0.416 e. The first-order chi connectivity index (χ1) is 17.8. The maximum atomic E-state index is 13.6. The van der Waals surface area contributed by atoms with Crippen LogP contribution < -0.4 is 10.6 Å². The number of benzene rings is 2. The molecule has 2 saturated heterocycles. The quantitative estimate of drug-likeness (QED) is 0.525. The summed E-state index contributed by atoms with van der Waals surface area (Å²) in [6.07, 6.45) is -1.76. The maximum Gasteiger partial charge on any atom is 0.416 e. The number of rotatable bonds is 6. The second-order valence-electron chi connectivity index (χ2n) is 10.3. The predicted molar refractivity (Wildman–Crippen MR) is 134 cm³/mol. The van der Waals surface area contributed by atoms with Gasteiger partial charge < -0.3 is 25.4 Å². The van der Waals surface area contributed by atoms with E-state index in [0.717, 1.165) is 50.4 Å². The lowest BCUT2D eigenvalue weighted by atomic mass is 9.76. The molecule has 6 nitrogen and oxygen atoms in total. The van der Waals surface area contributed by atoms with E-state index in [4.69, 9.17) is 9.84 Å². The molecular weight excluding hydrogens is 483 g/mol. The number of carbonyl (C=O) groups is 1. The molecule has 0 bridgehead atoms. The van der Waals surface area contributed by atoms with Gasteiger partial charge in [-0.05, 0) is 62.5 Å². The molecule has 9 heteroatoms. The molecule has 5 rings (SSSR count). The van der Waals surface area contributed by atoms with Gasteiger partial charge in [0.25, 0.3) is 0 Å². The van der Waals surface area contributed by atoms with Gasteiger partial charge in [0, 0.05) is 36.2 Å². The van der Waals surface area contributed by atoms with Crippen molar-refractivity contribution in [3.63, 3.8) is 0 Å². The Morgan fingerprint density at radius 3 is 2.54 bits per heavy atom. The Morgan fingerprint density at radius 1 is 1.08 bits per heavy atom. The van der Waals surface area contributed by atoms with E-state index in [0.29, 0.717) is 17.8 Å². The Hall–Kier alpha value is -2.62. The summed E-state index contributed by atoms with van der Waals surface area (Å²) in [5, 5.41) is 15.2. The number of fused-ring (bicyclic) bond motifs is 3. The van der Waals surface area contributed by atoms with Gasteiger partial charge in [-0.15, -0.1) is 0 Å². The summed E-state index contributed by atoms with van der Waals surface area (Å²) < 4.78 is 47.3. The van der Waals surface area contributed by atoms with Crippen molar-refractivity contribution in [1.82, 2.24) is 10.2 Å². The molecular formula is C28H34F3N3O3. The van der Waals surface area contributed by atoms with Gasteiger partial charge in [0.2, 0.25) is 5.91 Å². The lowest BCUT2D eigenvalue weighted by Gasteiger charge is -2.47. The average Bonchev–Trinajstić information content (AvgIpc) is 2.91. The van der Waals surface area contributed by atoms with E-state index in [1.807, 2.05) is 18.2 Å². The second-order valence-corrected chi connectivity index (χ2v) is 10.3. The maximum absolute atomic E-state index is 13.6. The number of hydrogen-bond donors (Lipinski definition) is 3. The SMILES string of the molecule is O=C(NCCO)C1CCN(C[C@H]2CC[C@@H]3[C@H](O2)c2cc(C(F)(F)F)ccc2N[C@H]3c2ccccc2)CC1. The molecule has 2 aromatic carbocycles. The number of amides is 1. The van der Waals surface area contributed by atoms with Crippen LogP contribution in [0.1, 0.15) is 54.5 Å². The minimum absolute atomic E-state index is 0.0100. The number of halogens is 3. The third-order valence-electron chi connectivity index (χ3n) is 7.96. The molecule has 3 heterocycles. The smallest absolute Gasteiger partial charge is 0.395 e. The highest BCUT2D eigenvalue weighted by Crippen LogP contribution is 2.51. The Bertz CT molecular complexity index is 1070. The highest BCUT2D eigenvalue weighted by molar-refractivity contribution is 5.78. The molecule has 3 N–H and O–H groups in total. The van der Waals surface area contributed by atoms with E-state index in [9.17, 15) is 18.0 Å². The fourth-order valence-electron chi connectivity index (χ4n) is 6.05. The fraction of sp³-hybridized carbons (Fsp3) is 0.536. The Kier molecular flexibility index (Phi) is 7.74. The molecule has 3 aliphatic rings. The third-order valence-corrected chi connectivity index (χ3v) is 7.96. The standard InChI is InChI=1S/C28H34F3N3O3/c29-28(30,31)20-6-9-24-23(16-20)26-22(25(33-24)18-4-2-1-3-5-18)8-7-21(37-26)17-34-13-10-19(11-14-34)27(36)32-12-15-35/h1-6,9,16,19,21-22,25-26,33,35H,7-8,10-15,17H2,(H,32,36)/t21-,22+,25+,26+/m1/s1. The highest BCUT2D eigenvalue weighted by atomic mass is 19.4. The van der Waals surface area contributed by atoms with Gasteiger partial charge in [0.1, 0.15) is 0 Å². The van der Waals surface area contributed by atoms with Crippen LogP contribution in [0.5, 0.6) is 0 Å². The van der Waals surface area contributed by atoms with E-state index >= 15 is 0 Å². The number of ether oxygens (including phenoxy) is 1. The molecule has 0 unspecified atom stereocenters. The number of nitrogens with zero attached hydrogens (tertiary/aromatic N) is 1. The van der Waals surface area contributed by atoms with Crippen LogP contribution >= 0.6 is 0 Å². The van der Waals surface area contributed by atoms with Crippen LogP contribution in [-0.4, -0.2) is 54.8 Å². The highest BCUT2D eigenvalue weighted by Gasteiger charge is 2.44. The first kappa shape index (κ1) is 26.0. The number of likely N-dealkylation sites (tertiary alicyclic amines) is 1. The van der Waals surface area contributed by atoms with Crippen molar-refractivity contribution in [3.05, 3.63) is 65.2 Å². The van der Waals surface area contributed by atoms with Crippen LogP contribution in [0, 0.1) is 11.8 Å². The number of carbonyl (C=O) groups excluding carboxylic acids is 1. The molecule has 4 atom stereocenters. The molecule has 0 aliphatic carbocycles. The van der Waals surface area contributed by atoms with E-state index in [1.54, 1.807) is 0 Å². The fourth-order valence-corrected chi connectivity index (χ4v) is 6.05. The first-order valence-electron chi connectivity index (χ1n) is 13.1. The number of hydrogen-bond acceptors (Lipinski definition) is 5. The topological polar surface area (TPSA) is 73.8 Å². The van der Waals surface area contributed by atoms with Crippen LogP contribution in [-0.2, 0) is 15.7 Å². The van der Waals surface area contributed by atoms with Gasteiger partial charge in [-0.1, -0.05) is 30.3 Å². The van der Waals surface area contributed by atoms with Gasteiger partial charge in [0.05, 0.1) is 30.4 Å². The van der Waals surface area contributed by atoms with Crippen molar-refractivity contribution < 1.29 is 27.8 Å². The molecule has 0 saturated carbocycles. The van der Waals surface area contributed by atoms with Gasteiger partial charge in [-0.25, -0.2) is 0 Å². The van der Waals surface area contributed by atoms with E-state index in [2.05, 4.69) is 27.7 Å². The van der Waals surface area contributed by atoms with Crippen molar-refractivity contribution in [2.24, 2.45) is 11.8 Å². The van der Waals surface area contributed by atoms with Gasteiger partial charge in [-0.3, -0.25) is 4.79 Å². The zero-order valence-corrected chi connectivity index (χ0v) is 20.7. The Labute approximate surface area is 215 Å². The minimum atomic E-state index is -4.41. The van der Waals surface area contributed by atoms with Crippen molar-refractivity contribution in [2.75, 3.05) is 38.1 Å². The van der Waals surface area contributed by atoms with Gasteiger partial charge in [-0.2, -0.15) is 13.2 Å². The molecule has 37 heavy (non-hydrogen) atoms. The van der Waals surface area contributed by atoms with Gasteiger partial charge >= 0.3 is 6.18 Å². The summed E-state index contributed by atoms with van der Waals surface area (Å²) in [7, 11) is 0. The van der Waals surface area contributed by atoms with E-state index in [1.165, 1.54) is 12.1 Å². The summed E-state index contributed by atoms with van der Waals surface area (Å²) in [5.41, 5.74) is 1.72. The molecule has 3 aliphatic heterocycles. The lowest BCUT2D eigenvalue weighted by Crippen LogP contribution is -2.46. The van der Waals surface area contributed by atoms with Crippen molar-refractivity contribution in [1.29, 1.82) is 0 Å².